The molecule has 0 amide bonds. The highest BCUT2D eigenvalue weighted by Gasteiger charge is 2.31. The van der Waals surface area contributed by atoms with Gasteiger partial charge in [-0.05, 0) is 47.5 Å². The van der Waals surface area contributed by atoms with Crippen molar-refractivity contribution in [3.8, 4) is 0 Å². The normalized spacial score (nSPS) is 18.6. The lowest BCUT2D eigenvalue weighted by Crippen LogP contribution is -2.12. The third-order valence-electron chi connectivity index (χ3n) is 4.20. The molecule has 7 nitrogen and oxygen atoms in total. The summed E-state index contributed by atoms with van der Waals surface area (Å²) in [6, 6.07) is 3.09. The molecular formula is C17H16BrClN2O5S2. The summed E-state index contributed by atoms with van der Waals surface area (Å²) in [6.07, 6.45) is 3.08. The van der Waals surface area contributed by atoms with Crippen molar-refractivity contribution in [1.29, 1.82) is 0 Å². The second kappa shape index (κ2) is 8.48. The zero-order valence-electron chi connectivity index (χ0n) is 14.7. The van der Waals surface area contributed by atoms with E-state index >= 15 is 0 Å². The van der Waals surface area contributed by atoms with Crippen LogP contribution in [-0.4, -0.2) is 48.1 Å². The number of aryl methyl sites for hydroxylation is 1. The van der Waals surface area contributed by atoms with Gasteiger partial charge in [0.25, 0.3) is 0 Å². The number of hydrogen-bond acceptors (Lipinski definition) is 7. The van der Waals surface area contributed by atoms with Crippen LogP contribution in [0.1, 0.15) is 33.4 Å². The van der Waals surface area contributed by atoms with E-state index in [1.807, 2.05) is 0 Å². The third kappa shape index (κ3) is 4.91. The zero-order chi connectivity index (χ0) is 20.5. The molecule has 0 aromatic carbocycles. The van der Waals surface area contributed by atoms with Crippen LogP contribution in [0.25, 0.3) is 6.08 Å². The fourth-order valence-corrected chi connectivity index (χ4v) is 6.18. The first-order chi connectivity index (χ1) is 13.2. The molecule has 0 radical (unpaired) electrons. The molecule has 0 saturated carbocycles. The highest BCUT2D eigenvalue weighted by atomic mass is 79.9. The molecule has 3 rings (SSSR count). The van der Waals surface area contributed by atoms with Gasteiger partial charge in [-0.3, -0.25) is 4.79 Å². The second-order valence-electron chi connectivity index (χ2n) is 6.26. The highest BCUT2D eigenvalue weighted by molar-refractivity contribution is 9.11. The number of halogens is 2. The fraction of sp³-hybridized carbons (Fsp3) is 0.353. The Hall–Kier alpha value is -1.49. The molecule has 1 aliphatic heterocycles. The number of carbonyl (C=O) groups is 2. The first kappa shape index (κ1) is 21.2. The second-order valence-corrected chi connectivity index (χ2v) is 11.3. The highest BCUT2D eigenvalue weighted by Crippen LogP contribution is 2.30. The summed E-state index contributed by atoms with van der Waals surface area (Å²) in [5, 5.41) is 4.58. The molecule has 28 heavy (non-hydrogen) atoms. The lowest BCUT2D eigenvalue weighted by Gasteiger charge is -2.09. The molecule has 150 valence electrons. The molecule has 1 aliphatic rings. The molecule has 1 saturated heterocycles. The van der Waals surface area contributed by atoms with Crippen LogP contribution in [0.5, 0.6) is 0 Å². The van der Waals surface area contributed by atoms with Gasteiger partial charge in [0.15, 0.2) is 16.4 Å². The average Bonchev–Trinajstić information content (AvgIpc) is 3.29. The van der Waals surface area contributed by atoms with Crippen LogP contribution >= 0.6 is 38.9 Å². The maximum Gasteiger partial charge on any atom is 0.331 e. The van der Waals surface area contributed by atoms with Crippen molar-refractivity contribution < 1.29 is 22.7 Å². The quantitative estimate of drug-likeness (QED) is 0.337. The summed E-state index contributed by atoms with van der Waals surface area (Å²) >= 11 is 10.9. The van der Waals surface area contributed by atoms with Crippen LogP contribution in [0.3, 0.4) is 0 Å². The van der Waals surface area contributed by atoms with Gasteiger partial charge >= 0.3 is 5.97 Å². The summed E-state index contributed by atoms with van der Waals surface area (Å²) in [5.41, 5.74) is 1.08. The van der Waals surface area contributed by atoms with Gasteiger partial charge in [0.2, 0.25) is 5.78 Å². The summed E-state index contributed by atoms with van der Waals surface area (Å²) < 4.78 is 30.6. The van der Waals surface area contributed by atoms with E-state index in [1.165, 1.54) is 28.2 Å². The molecule has 3 heterocycles. The summed E-state index contributed by atoms with van der Waals surface area (Å²) in [5.74, 6) is -0.864. The number of hydrogen-bond donors (Lipinski definition) is 0. The van der Waals surface area contributed by atoms with Crippen molar-refractivity contribution in [2.75, 3.05) is 18.1 Å². The van der Waals surface area contributed by atoms with E-state index < -0.39 is 15.8 Å². The van der Waals surface area contributed by atoms with Crippen molar-refractivity contribution in [1.82, 2.24) is 9.78 Å². The van der Waals surface area contributed by atoms with Gasteiger partial charge in [-0.2, -0.15) is 5.10 Å². The molecule has 11 heteroatoms. The number of rotatable bonds is 6. The minimum Gasteiger partial charge on any atom is -0.454 e. The van der Waals surface area contributed by atoms with E-state index in [4.69, 9.17) is 16.3 Å². The Morgan fingerprint density at radius 1 is 1.46 bits per heavy atom. The minimum absolute atomic E-state index is 0.0000180. The van der Waals surface area contributed by atoms with Crippen molar-refractivity contribution in [3.63, 3.8) is 0 Å². The predicted octanol–water partition coefficient (Wildman–Crippen LogP) is 3.47. The number of Topliss-reactive ketones (excluding diaryl/α,β-unsaturated/α-hetero) is 1. The number of ketones is 1. The number of sulfone groups is 1. The van der Waals surface area contributed by atoms with E-state index in [9.17, 15) is 18.0 Å². The number of carbonyl (C=O) groups excluding carboxylic acids is 2. The standard InChI is InChI=1S/C17H16BrClN2O5S2/c1-10-12(17(19)21(20-10)11-6-7-28(24,25)9-11)2-5-16(23)26-8-13(22)14-3-4-15(18)27-14/h2-5,11H,6-9H2,1H3/b5-2+/t11-/m1/s1. The van der Waals surface area contributed by atoms with Gasteiger partial charge < -0.3 is 4.74 Å². The van der Waals surface area contributed by atoms with Crippen LogP contribution in [0.15, 0.2) is 22.0 Å². The number of nitrogens with zero attached hydrogens (tertiary/aromatic N) is 2. The molecule has 0 N–H and O–H groups in total. The molecule has 0 aliphatic carbocycles. The number of thiophene rings is 1. The topological polar surface area (TPSA) is 95.3 Å². The van der Waals surface area contributed by atoms with Crippen LogP contribution in [0, 0.1) is 6.92 Å². The predicted molar refractivity (Wildman–Crippen MR) is 111 cm³/mol. The molecule has 0 unspecified atom stereocenters. The number of esters is 1. The summed E-state index contributed by atoms with van der Waals surface area (Å²) in [6.45, 7) is 1.36. The molecule has 2 aromatic rings. The van der Waals surface area contributed by atoms with Crippen molar-refractivity contribution in [3.05, 3.63) is 43.3 Å². The van der Waals surface area contributed by atoms with Gasteiger partial charge in [0, 0.05) is 11.6 Å². The Balaban J connectivity index is 1.64. The smallest absolute Gasteiger partial charge is 0.331 e. The largest absolute Gasteiger partial charge is 0.454 e. The van der Waals surface area contributed by atoms with Gasteiger partial charge in [0.1, 0.15) is 5.15 Å². The van der Waals surface area contributed by atoms with E-state index in [2.05, 4.69) is 21.0 Å². The van der Waals surface area contributed by atoms with Crippen molar-refractivity contribution in [2.24, 2.45) is 0 Å². The Kier molecular flexibility index (Phi) is 6.43. The van der Waals surface area contributed by atoms with E-state index in [0.717, 1.165) is 3.79 Å². The van der Waals surface area contributed by atoms with Gasteiger partial charge in [-0.1, -0.05) is 11.6 Å². The van der Waals surface area contributed by atoms with Gasteiger partial charge in [-0.15, -0.1) is 11.3 Å². The molecule has 0 spiro atoms. The molecule has 1 atom stereocenters. The fourth-order valence-electron chi connectivity index (χ4n) is 2.80. The Bertz CT molecular complexity index is 1060. The number of aromatic nitrogens is 2. The molecular weight excluding hydrogens is 492 g/mol. The van der Waals surface area contributed by atoms with Crippen LogP contribution in [-0.2, 0) is 19.4 Å². The Morgan fingerprint density at radius 3 is 2.82 bits per heavy atom. The molecule has 1 fully saturated rings. The Morgan fingerprint density at radius 2 is 2.21 bits per heavy atom. The molecule has 0 bridgehead atoms. The maximum atomic E-state index is 12.0. The van der Waals surface area contributed by atoms with Crippen LogP contribution < -0.4 is 0 Å². The maximum absolute atomic E-state index is 12.0. The van der Waals surface area contributed by atoms with E-state index in [0.29, 0.717) is 22.6 Å². The SMILES string of the molecule is Cc1nn([C@@H]2CCS(=O)(=O)C2)c(Cl)c1/C=C/C(=O)OCC(=O)c1ccc(Br)s1. The van der Waals surface area contributed by atoms with Crippen LogP contribution in [0.2, 0.25) is 5.15 Å². The third-order valence-corrected chi connectivity index (χ3v) is 8.00. The van der Waals surface area contributed by atoms with E-state index in [1.54, 1.807) is 19.1 Å². The lowest BCUT2D eigenvalue weighted by atomic mass is 10.2. The van der Waals surface area contributed by atoms with Crippen LogP contribution in [0.4, 0.5) is 0 Å². The summed E-state index contributed by atoms with van der Waals surface area (Å²) in [4.78, 5) is 24.4. The lowest BCUT2D eigenvalue weighted by molar-refractivity contribution is -0.136. The first-order valence-corrected chi connectivity index (χ1v) is 12.1. The van der Waals surface area contributed by atoms with E-state index in [-0.39, 0.29) is 35.1 Å². The number of ether oxygens (including phenoxy) is 1. The van der Waals surface area contributed by atoms with Crippen molar-refractivity contribution in [2.45, 2.75) is 19.4 Å². The zero-order valence-corrected chi connectivity index (χ0v) is 18.7. The monoisotopic (exact) mass is 506 g/mol. The Labute approximate surface area is 179 Å². The van der Waals surface area contributed by atoms with Gasteiger partial charge in [-0.25, -0.2) is 17.9 Å². The minimum atomic E-state index is -3.07. The first-order valence-electron chi connectivity index (χ1n) is 8.24. The van der Waals surface area contributed by atoms with Gasteiger partial charge in [0.05, 0.1) is 31.9 Å². The average molecular weight is 508 g/mol. The van der Waals surface area contributed by atoms with Crippen molar-refractivity contribution >= 4 is 66.5 Å². The molecule has 2 aromatic heterocycles. The summed E-state index contributed by atoms with van der Waals surface area (Å²) in [7, 11) is -3.07.